The molecule has 0 spiro atoms. The van der Waals surface area contributed by atoms with Crippen LogP contribution in [0.1, 0.15) is 29.9 Å². The van der Waals surface area contributed by atoms with E-state index in [4.69, 9.17) is 16.7 Å². The molecule has 0 saturated heterocycles. The Morgan fingerprint density at radius 3 is 2.75 bits per heavy atom. The molecule has 0 aliphatic rings. The number of carbonyl (C=O) groups is 1. The molecule has 0 aromatic carbocycles. The zero-order valence-corrected chi connectivity index (χ0v) is 10.4. The van der Waals surface area contributed by atoms with Crippen molar-refractivity contribution in [2.24, 2.45) is 0 Å². The number of nitrogens with one attached hydrogen (secondary N) is 1. The van der Waals surface area contributed by atoms with E-state index in [1.807, 2.05) is 6.92 Å². The zero-order chi connectivity index (χ0) is 12.3. The summed E-state index contributed by atoms with van der Waals surface area (Å²) in [5.74, 6) is -0.303. The molecule has 1 rings (SSSR count). The van der Waals surface area contributed by atoms with E-state index in [2.05, 4.69) is 10.4 Å². The lowest BCUT2D eigenvalue weighted by Gasteiger charge is -2.06. The van der Waals surface area contributed by atoms with Gasteiger partial charge in [0.25, 0.3) is 5.91 Å². The fourth-order valence-corrected chi connectivity index (χ4v) is 1.73. The SMILES string of the molecule is CCn1nc(C)c(C(=O)NCC(C)O)c1Cl. The van der Waals surface area contributed by atoms with Crippen molar-refractivity contribution in [2.75, 3.05) is 6.54 Å². The smallest absolute Gasteiger partial charge is 0.256 e. The Labute approximate surface area is 99.4 Å². The van der Waals surface area contributed by atoms with Crippen molar-refractivity contribution in [2.45, 2.75) is 33.4 Å². The fraction of sp³-hybridized carbons (Fsp3) is 0.600. The highest BCUT2D eigenvalue weighted by molar-refractivity contribution is 6.33. The minimum absolute atomic E-state index is 0.200. The van der Waals surface area contributed by atoms with Gasteiger partial charge in [-0.05, 0) is 20.8 Å². The van der Waals surface area contributed by atoms with E-state index in [1.54, 1.807) is 18.5 Å². The van der Waals surface area contributed by atoms with Gasteiger partial charge in [0, 0.05) is 13.1 Å². The second-order valence-corrected chi connectivity index (χ2v) is 3.98. The number of carbonyl (C=O) groups excluding carboxylic acids is 1. The van der Waals surface area contributed by atoms with Gasteiger partial charge < -0.3 is 10.4 Å². The van der Waals surface area contributed by atoms with Crippen molar-refractivity contribution in [1.82, 2.24) is 15.1 Å². The predicted molar refractivity (Wildman–Crippen MR) is 61.7 cm³/mol. The van der Waals surface area contributed by atoms with Crippen molar-refractivity contribution < 1.29 is 9.90 Å². The van der Waals surface area contributed by atoms with Crippen LogP contribution in [0.25, 0.3) is 0 Å². The van der Waals surface area contributed by atoms with Crippen LogP contribution >= 0.6 is 11.6 Å². The van der Waals surface area contributed by atoms with E-state index < -0.39 is 6.10 Å². The van der Waals surface area contributed by atoms with Crippen LogP contribution in [0.5, 0.6) is 0 Å². The number of aromatic nitrogens is 2. The van der Waals surface area contributed by atoms with Crippen molar-refractivity contribution >= 4 is 17.5 Å². The Morgan fingerprint density at radius 2 is 2.31 bits per heavy atom. The highest BCUT2D eigenvalue weighted by Gasteiger charge is 2.19. The van der Waals surface area contributed by atoms with Crippen LogP contribution in [0.2, 0.25) is 5.15 Å². The number of hydrogen-bond donors (Lipinski definition) is 2. The molecule has 1 heterocycles. The van der Waals surface area contributed by atoms with Crippen molar-refractivity contribution in [3.63, 3.8) is 0 Å². The van der Waals surface area contributed by atoms with E-state index in [9.17, 15) is 4.79 Å². The number of aryl methyl sites for hydroxylation is 2. The molecule has 1 amide bonds. The third-order valence-corrected chi connectivity index (χ3v) is 2.53. The molecule has 2 N–H and O–H groups in total. The number of nitrogens with zero attached hydrogens (tertiary/aromatic N) is 2. The molecule has 0 aliphatic carbocycles. The van der Waals surface area contributed by atoms with E-state index in [0.717, 1.165) is 0 Å². The molecular weight excluding hydrogens is 230 g/mol. The Balaban J connectivity index is 2.86. The third-order valence-electron chi connectivity index (χ3n) is 2.15. The molecule has 1 unspecified atom stereocenters. The van der Waals surface area contributed by atoms with Gasteiger partial charge in [0.15, 0.2) is 0 Å². The first-order valence-electron chi connectivity index (χ1n) is 5.16. The monoisotopic (exact) mass is 245 g/mol. The van der Waals surface area contributed by atoms with E-state index in [-0.39, 0.29) is 12.5 Å². The molecule has 0 bridgehead atoms. The van der Waals surface area contributed by atoms with Gasteiger partial charge in [-0.3, -0.25) is 9.48 Å². The summed E-state index contributed by atoms with van der Waals surface area (Å²) in [7, 11) is 0. The maximum Gasteiger partial charge on any atom is 0.256 e. The second-order valence-electron chi connectivity index (χ2n) is 3.63. The minimum atomic E-state index is -0.579. The number of halogens is 1. The number of aliphatic hydroxyl groups is 1. The molecule has 90 valence electrons. The van der Waals surface area contributed by atoms with Crippen LogP contribution in [-0.4, -0.2) is 33.4 Å². The van der Waals surface area contributed by atoms with E-state index in [0.29, 0.717) is 23.0 Å². The van der Waals surface area contributed by atoms with Gasteiger partial charge >= 0.3 is 0 Å². The molecule has 5 nitrogen and oxygen atoms in total. The summed E-state index contributed by atoms with van der Waals surface area (Å²) in [5, 5.41) is 16.1. The van der Waals surface area contributed by atoms with Gasteiger partial charge in [0.2, 0.25) is 0 Å². The maximum absolute atomic E-state index is 11.8. The highest BCUT2D eigenvalue weighted by atomic mass is 35.5. The average molecular weight is 246 g/mol. The summed E-state index contributed by atoms with van der Waals surface area (Å²) < 4.78 is 1.56. The first-order chi connectivity index (χ1) is 7.47. The largest absolute Gasteiger partial charge is 0.392 e. The number of hydrogen-bond acceptors (Lipinski definition) is 3. The van der Waals surface area contributed by atoms with Crippen LogP contribution < -0.4 is 5.32 Å². The van der Waals surface area contributed by atoms with Gasteiger partial charge in [-0.25, -0.2) is 0 Å². The van der Waals surface area contributed by atoms with Crippen molar-refractivity contribution in [3.8, 4) is 0 Å². The molecule has 0 radical (unpaired) electrons. The van der Waals surface area contributed by atoms with Gasteiger partial charge in [0.05, 0.1) is 17.4 Å². The third kappa shape index (κ3) is 2.74. The quantitative estimate of drug-likeness (QED) is 0.831. The first-order valence-corrected chi connectivity index (χ1v) is 5.54. The average Bonchev–Trinajstić information content (AvgIpc) is 2.50. The Bertz CT molecular complexity index is 388. The zero-order valence-electron chi connectivity index (χ0n) is 9.62. The minimum Gasteiger partial charge on any atom is -0.392 e. The lowest BCUT2D eigenvalue weighted by atomic mass is 10.2. The Hall–Kier alpha value is -1.07. The molecule has 0 aliphatic heterocycles. The summed E-state index contributed by atoms with van der Waals surface area (Å²) in [6.45, 7) is 6.05. The molecule has 0 saturated carbocycles. The second kappa shape index (κ2) is 5.32. The maximum atomic E-state index is 11.8. The first kappa shape index (κ1) is 13.0. The lowest BCUT2D eigenvalue weighted by Crippen LogP contribution is -2.30. The van der Waals surface area contributed by atoms with Crippen molar-refractivity contribution in [1.29, 1.82) is 0 Å². The molecule has 16 heavy (non-hydrogen) atoms. The van der Waals surface area contributed by atoms with Crippen LogP contribution in [0, 0.1) is 6.92 Å². The van der Waals surface area contributed by atoms with Crippen LogP contribution in [0.4, 0.5) is 0 Å². The fourth-order valence-electron chi connectivity index (χ4n) is 1.35. The van der Waals surface area contributed by atoms with Crippen LogP contribution in [-0.2, 0) is 6.54 Å². The van der Waals surface area contributed by atoms with Gasteiger partial charge in [-0.2, -0.15) is 5.10 Å². The summed E-state index contributed by atoms with van der Waals surface area (Å²) in [4.78, 5) is 11.8. The van der Waals surface area contributed by atoms with E-state index in [1.165, 1.54) is 0 Å². The Kier molecular flexibility index (Phi) is 4.32. The molecular formula is C10H16ClN3O2. The van der Waals surface area contributed by atoms with Crippen LogP contribution in [0.15, 0.2) is 0 Å². The van der Waals surface area contributed by atoms with Gasteiger partial charge in [-0.1, -0.05) is 11.6 Å². The summed E-state index contributed by atoms with van der Waals surface area (Å²) >= 11 is 6.02. The summed E-state index contributed by atoms with van der Waals surface area (Å²) in [5.41, 5.74) is 0.971. The lowest BCUT2D eigenvalue weighted by molar-refractivity contribution is 0.0923. The topological polar surface area (TPSA) is 67.2 Å². The normalized spacial score (nSPS) is 12.6. The predicted octanol–water partition coefficient (Wildman–Crippen LogP) is 0.975. The molecule has 0 fully saturated rings. The number of aliphatic hydroxyl groups excluding tert-OH is 1. The number of rotatable bonds is 4. The molecule has 6 heteroatoms. The molecule has 1 atom stereocenters. The summed E-state index contributed by atoms with van der Waals surface area (Å²) in [6.07, 6.45) is -0.579. The highest BCUT2D eigenvalue weighted by Crippen LogP contribution is 2.19. The van der Waals surface area contributed by atoms with Gasteiger partial charge in [0.1, 0.15) is 5.15 Å². The number of amides is 1. The van der Waals surface area contributed by atoms with E-state index >= 15 is 0 Å². The summed E-state index contributed by atoms with van der Waals surface area (Å²) in [6, 6.07) is 0. The standard InChI is InChI=1S/C10H16ClN3O2/c1-4-14-9(11)8(7(3)13-14)10(16)12-5-6(2)15/h6,15H,4-5H2,1-3H3,(H,12,16). The molecule has 1 aromatic rings. The van der Waals surface area contributed by atoms with Crippen LogP contribution in [0.3, 0.4) is 0 Å². The van der Waals surface area contributed by atoms with Gasteiger partial charge in [-0.15, -0.1) is 0 Å². The van der Waals surface area contributed by atoms with Crippen molar-refractivity contribution in [3.05, 3.63) is 16.4 Å². The Morgan fingerprint density at radius 1 is 1.69 bits per heavy atom. The molecule has 1 aromatic heterocycles.